The van der Waals surface area contributed by atoms with E-state index in [1.54, 1.807) is 0 Å². The molecule has 1 rings (SSSR count). The van der Waals surface area contributed by atoms with Gasteiger partial charge in [0.1, 0.15) is 4.90 Å². The Kier molecular flexibility index (Phi) is 3.43. The Bertz CT molecular complexity index is 581. The van der Waals surface area contributed by atoms with E-state index in [4.69, 9.17) is 4.55 Å². The minimum atomic E-state index is -5.12. The smallest absolute Gasteiger partial charge is 0.308 e. The molecule has 0 heterocycles. The van der Waals surface area contributed by atoms with Crippen molar-refractivity contribution in [3.05, 3.63) is 23.5 Å². The summed E-state index contributed by atoms with van der Waals surface area (Å²) in [4.78, 5) is 8.88. The second-order valence-electron chi connectivity index (χ2n) is 2.88. The highest BCUT2D eigenvalue weighted by Crippen LogP contribution is 2.29. The summed E-state index contributed by atoms with van der Waals surface area (Å²) in [6.45, 7) is 0.813. The van der Waals surface area contributed by atoms with Gasteiger partial charge in [-0.2, -0.15) is 12.8 Å². The first-order valence-electron chi connectivity index (χ1n) is 3.98. The van der Waals surface area contributed by atoms with Crippen LogP contribution in [0.1, 0.15) is 6.92 Å². The fourth-order valence-electron chi connectivity index (χ4n) is 0.982. The highest BCUT2D eigenvalue weighted by molar-refractivity contribution is 7.85. The van der Waals surface area contributed by atoms with Crippen LogP contribution in [0, 0.1) is 17.5 Å². The largest absolute Gasteiger partial charge is 0.420 e. The first-order chi connectivity index (χ1) is 7.64. The maximum absolute atomic E-state index is 13.1. The molecule has 1 aromatic carbocycles. The van der Waals surface area contributed by atoms with E-state index in [1.165, 1.54) is 0 Å². The summed E-state index contributed by atoms with van der Waals surface area (Å²) in [5.74, 6) is -8.19. The van der Waals surface area contributed by atoms with Crippen LogP contribution >= 0.6 is 0 Å². The molecule has 0 aliphatic rings. The zero-order chi connectivity index (χ0) is 13.4. The first-order valence-corrected chi connectivity index (χ1v) is 5.42. The van der Waals surface area contributed by atoms with Gasteiger partial charge in [-0.15, -0.1) is 0 Å². The molecule has 0 atom stereocenters. The third-order valence-corrected chi connectivity index (χ3v) is 2.46. The van der Waals surface area contributed by atoms with E-state index < -0.39 is 44.2 Å². The summed E-state index contributed by atoms with van der Waals surface area (Å²) >= 11 is 0. The molecule has 0 saturated carbocycles. The Morgan fingerprint density at radius 3 is 2.24 bits per heavy atom. The number of esters is 1. The van der Waals surface area contributed by atoms with Crippen LogP contribution in [0.5, 0.6) is 5.75 Å². The highest BCUT2D eigenvalue weighted by Gasteiger charge is 2.27. The predicted octanol–water partition coefficient (Wildman–Crippen LogP) is 1.28. The molecule has 0 saturated heterocycles. The Morgan fingerprint density at radius 2 is 1.82 bits per heavy atom. The summed E-state index contributed by atoms with van der Waals surface area (Å²) in [6, 6.07) is 0.00597. The lowest BCUT2D eigenvalue weighted by atomic mass is 10.3. The van der Waals surface area contributed by atoms with Gasteiger partial charge in [0.05, 0.1) is 0 Å². The van der Waals surface area contributed by atoms with Gasteiger partial charge in [-0.3, -0.25) is 9.35 Å². The van der Waals surface area contributed by atoms with E-state index in [-0.39, 0.29) is 6.07 Å². The normalized spacial score (nSPS) is 11.4. The van der Waals surface area contributed by atoms with Crippen molar-refractivity contribution < 1.29 is 35.7 Å². The van der Waals surface area contributed by atoms with Crippen LogP contribution in [0.2, 0.25) is 0 Å². The van der Waals surface area contributed by atoms with Crippen molar-refractivity contribution in [1.82, 2.24) is 0 Å². The molecular weight excluding hydrogens is 265 g/mol. The van der Waals surface area contributed by atoms with Gasteiger partial charge in [0.15, 0.2) is 11.6 Å². The van der Waals surface area contributed by atoms with Gasteiger partial charge in [0, 0.05) is 13.0 Å². The average molecular weight is 270 g/mol. The van der Waals surface area contributed by atoms with E-state index in [9.17, 15) is 26.4 Å². The number of rotatable bonds is 2. The molecule has 0 bridgehead atoms. The molecule has 0 aromatic heterocycles. The number of carbonyl (C=O) groups excluding carboxylic acids is 1. The van der Waals surface area contributed by atoms with Gasteiger partial charge in [-0.25, -0.2) is 8.78 Å². The Morgan fingerprint density at radius 1 is 1.29 bits per heavy atom. The standard InChI is InChI=1S/C8H5F3O5S/c1-3(12)16-8-4(9)2-5(17(13,14)15)6(10)7(8)11/h2H,1H3,(H,13,14,15). The third kappa shape index (κ3) is 2.74. The van der Waals surface area contributed by atoms with Crippen LogP contribution in [-0.2, 0) is 14.9 Å². The first kappa shape index (κ1) is 13.5. The molecule has 0 aliphatic carbocycles. The topological polar surface area (TPSA) is 80.7 Å². The van der Waals surface area contributed by atoms with Crippen LogP contribution in [0.15, 0.2) is 11.0 Å². The van der Waals surface area contributed by atoms with E-state index in [0.29, 0.717) is 0 Å². The summed E-state index contributed by atoms with van der Waals surface area (Å²) in [6.07, 6.45) is 0. The fraction of sp³-hybridized carbons (Fsp3) is 0.125. The van der Waals surface area contributed by atoms with Gasteiger partial charge >= 0.3 is 5.97 Å². The number of hydrogen-bond donors (Lipinski definition) is 1. The van der Waals surface area contributed by atoms with E-state index in [2.05, 4.69) is 4.74 Å². The number of benzene rings is 1. The number of hydrogen-bond acceptors (Lipinski definition) is 4. The van der Waals surface area contributed by atoms with Gasteiger partial charge < -0.3 is 4.74 Å². The maximum Gasteiger partial charge on any atom is 0.308 e. The van der Waals surface area contributed by atoms with Crippen molar-refractivity contribution in [2.75, 3.05) is 0 Å². The molecule has 0 aliphatic heterocycles. The van der Waals surface area contributed by atoms with Crippen molar-refractivity contribution >= 4 is 16.1 Å². The molecule has 0 amide bonds. The second kappa shape index (κ2) is 4.34. The minimum Gasteiger partial charge on any atom is -0.420 e. The molecule has 17 heavy (non-hydrogen) atoms. The molecule has 94 valence electrons. The quantitative estimate of drug-likeness (QED) is 0.379. The Balaban J connectivity index is 3.53. The van der Waals surface area contributed by atoms with Gasteiger partial charge in [-0.1, -0.05) is 0 Å². The summed E-state index contributed by atoms with van der Waals surface area (Å²) in [5, 5.41) is 0. The molecule has 0 fully saturated rings. The summed E-state index contributed by atoms with van der Waals surface area (Å²) in [5.41, 5.74) is 0. The van der Waals surface area contributed by atoms with Crippen molar-refractivity contribution in [1.29, 1.82) is 0 Å². The van der Waals surface area contributed by atoms with Crippen LogP contribution in [0.4, 0.5) is 13.2 Å². The van der Waals surface area contributed by atoms with Crippen LogP contribution in [0.3, 0.4) is 0 Å². The highest BCUT2D eigenvalue weighted by atomic mass is 32.2. The van der Waals surface area contributed by atoms with Gasteiger partial charge in [0.2, 0.25) is 11.6 Å². The van der Waals surface area contributed by atoms with Crippen molar-refractivity contribution in [3.8, 4) is 5.75 Å². The molecule has 5 nitrogen and oxygen atoms in total. The summed E-state index contributed by atoms with van der Waals surface area (Å²) < 4.78 is 73.0. The molecule has 1 aromatic rings. The molecule has 9 heteroatoms. The fourth-order valence-corrected chi connectivity index (χ4v) is 1.55. The number of carbonyl (C=O) groups is 1. The molecule has 1 N–H and O–H groups in total. The second-order valence-corrected chi connectivity index (χ2v) is 4.27. The van der Waals surface area contributed by atoms with E-state index in [0.717, 1.165) is 6.92 Å². The van der Waals surface area contributed by atoms with Crippen molar-refractivity contribution in [3.63, 3.8) is 0 Å². The van der Waals surface area contributed by atoms with Crippen molar-refractivity contribution in [2.24, 2.45) is 0 Å². The van der Waals surface area contributed by atoms with Gasteiger partial charge in [0.25, 0.3) is 10.1 Å². The monoisotopic (exact) mass is 270 g/mol. The lowest BCUT2D eigenvalue weighted by Crippen LogP contribution is -2.10. The molecular formula is C8H5F3O5S. The predicted molar refractivity (Wildman–Crippen MR) is 47.4 cm³/mol. The van der Waals surface area contributed by atoms with E-state index >= 15 is 0 Å². The van der Waals surface area contributed by atoms with Crippen LogP contribution in [0.25, 0.3) is 0 Å². The minimum absolute atomic E-state index is 0.00597. The average Bonchev–Trinajstić information content (AvgIpc) is 2.16. The third-order valence-electron chi connectivity index (χ3n) is 1.61. The lowest BCUT2D eigenvalue weighted by Gasteiger charge is -2.07. The van der Waals surface area contributed by atoms with Crippen LogP contribution in [-0.4, -0.2) is 18.9 Å². The van der Waals surface area contributed by atoms with Crippen LogP contribution < -0.4 is 4.74 Å². The maximum atomic E-state index is 13.1. The lowest BCUT2D eigenvalue weighted by molar-refractivity contribution is -0.132. The molecule has 0 spiro atoms. The zero-order valence-corrected chi connectivity index (χ0v) is 9.02. The Labute approximate surface area is 93.6 Å². The SMILES string of the molecule is CC(=O)Oc1c(F)cc(S(=O)(=O)O)c(F)c1F. The van der Waals surface area contributed by atoms with E-state index in [1.807, 2.05) is 0 Å². The molecule has 0 unspecified atom stereocenters. The summed E-state index contributed by atoms with van der Waals surface area (Å²) in [7, 11) is -5.12. The number of ether oxygens (including phenoxy) is 1. The van der Waals surface area contributed by atoms with Crippen molar-refractivity contribution in [2.45, 2.75) is 11.8 Å². The Hall–Kier alpha value is -1.61. The zero-order valence-electron chi connectivity index (χ0n) is 8.20. The van der Waals surface area contributed by atoms with Gasteiger partial charge in [-0.05, 0) is 0 Å². The number of halogens is 3. The molecule has 0 radical (unpaired) electrons.